The van der Waals surface area contributed by atoms with Crippen molar-refractivity contribution < 1.29 is 25.8 Å². The highest BCUT2D eigenvalue weighted by atomic mass is 32.2. The van der Waals surface area contributed by atoms with Crippen molar-refractivity contribution in [3.05, 3.63) is 186 Å². The smallest absolute Gasteiger partial charge is 0.373 e. The molecule has 5 heterocycles. The quantitative estimate of drug-likeness (QED) is 0.130. The summed E-state index contributed by atoms with van der Waals surface area (Å²) in [7, 11) is -6.15. The van der Waals surface area contributed by atoms with Gasteiger partial charge in [0.2, 0.25) is 0 Å². The lowest BCUT2D eigenvalue weighted by Crippen LogP contribution is -2.28. The Balaban J connectivity index is 1.56. The number of H-pyrrole nitrogens is 2. The molecule has 0 amide bonds. The van der Waals surface area contributed by atoms with Gasteiger partial charge in [-0.05, 0) is 64.7 Å². The summed E-state index contributed by atoms with van der Waals surface area (Å²) in [6.07, 6.45) is 3.45. The molecule has 9 rings (SSSR count). The maximum atomic E-state index is 14.2. The Morgan fingerprint density at radius 2 is 1.04 bits per heavy atom. The van der Waals surface area contributed by atoms with Crippen LogP contribution in [0.4, 0.5) is 13.2 Å². The van der Waals surface area contributed by atoms with Gasteiger partial charge in [-0.1, -0.05) is 121 Å². The number of aromatic nitrogens is 4. The Labute approximate surface area is 319 Å². The Kier molecular flexibility index (Phi) is 8.51. The molecule has 0 radical (unpaired) electrons. The van der Waals surface area contributed by atoms with E-state index in [1.807, 2.05) is 115 Å². The number of halogens is 3. The zero-order chi connectivity index (χ0) is 38.4. The average molecular weight is 763 g/mol. The van der Waals surface area contributed by atoms with Crippen molar-refractivity contribution >= 4 is 55.5 Å². The molecule has 2 N–H and O–H groups in total. The number of nitrogens with zero attached hydrogens (tertiary/aromatic N) is 2. The zero-order valence-corrected chi connectivity index (χ0v) is 30.1. The first-order chi connectivity index (χ1) is 27.1. The molecule has 0 spiro atoms. The number of hydrogen-bond donors (Lipinski definition) is 2. The van der Waals surface area contributed by atoms with Gasteiger partial charge in [0, 0.05) is 27.7 Å². The minimum absolute atomic E-state index is 0.0399. The number of nitrogens with one attached hydrogen (secondary N) is 2. The van der Waals surface area contributed by atoms with Crippen molar-refractivity contribution in [3.8, 4) is 28.0 Å². The topological polar surface area (TPSA) is 101 Å². The normalized spacial score (nSPS) is 12.9. The zero-order valence-electron chi connectivity index (χ0n) is 29.2. The maximum Gasteiger partial charge on any atom is 0.534 e. The molecule has 7 nitrogen and oxygen atoms in total. The lowest BCUT2D eigenvalue weighted by atomic mass is 9.89. The molecule has 0 fully saturated rings. The number of fused-ring (bicyclic) bond motifs is 8. The molecule has 0 unspecified atom stereocenters. The minimum Gasteiger partial charge on any atom is -0.373 e. The van der Waals surface area contributed by atoms with E-state index in [9.17, 15) is 21.6 Å². The molecule has 0 saturated carbocycles. The third-order valence-corrected chi connectivity index (χ3v) is 10.4. The Bertz CT molecular complexity index is 2980. The van der Waals surface area contributed by atoms with E-state index < -0.39 is 21.4 Å². The first kappa shape index (κ1) is 34.8. The third-order valence-electron chi connectivity index (χ3n) is 9.47. The monoisotopic (exact) mass is 762 g/mol. The molecular formula is C45H29F3N4O3S. The Morgan fingerprint density at radius 3 is 1.61 bits per heavy atom. The molecule has 0 saturated heterocycles. The number of benzene rings is 4. The van der Waals surface area contributed by atoms with Gasteiger partial charge in [0.25, 0.3) is 0 Å². The summed E-state index contributed by atoms with van der Waals surface area (Å²) in [5, 5.41) is 0. The molecule has 3 aromatic heterocycles. The summed E-state index contributed by atoms with van der Waals surface area (Å²) in [6.45, 7) is 0. The van der Waals surface area contributed by atoms with Gasteiger partial charge in [-0.3, -0.25) is 0 Å². The van der Waals surface area contributed by atoms with E-state index in [2.05, 4.69) is 15.0 Å². The van der Waals surface area contributed by atoms with E-state index in [4.69, 9.17) is 9.17 Å². The molecule has 7 aromatic rings. The highest BCUT2D eigenvalue weighted by molar-refractivity contribution is 7.88. The van der Waals surface area contributed by atoms with E-state index in [-0.39, 0.29) is 16.6 Å². The van der Waals surface area contributed by atoms with Crippen LogP contribution in [0.5, 0.6) is 5.75 Å². The van der Waals surface area contributed by atoms with E-state index in [0.29, 0.717) is 39.5 Å². The SMILES string of the molecule is O=S(=O)(Oc1c(-c2ccccc2)c2[nH]c1cc1nc(cc3ccc(cc4nc(c2-c2ccccc2)C(c2ccccc2)=C4c2ccccc2)[nH]3)C=C1)C(F)(F)F. The first-order valence-electron chi connectivity index (χ1n) is 17.6. The minimum atomic E-state index is -6.15. The van der Waals surface area contributed by atoms with Crippen molar-refractivity contribution in [2.75, 3.05) is 0 Å². The fourth-order valence-electron chi connectivity index (χ4n) is 7.07. The number of rotatable bonds is 6. The van der Waals surface area contributed by atoms with E-state index in [1.54, 1.807) is 42.5 Å². The summed E-state index contributed by atoms with van der Waals surface area (Å²) in [6, 6.07) is 46.7. The van der Waals surface area contributed by atoms with Crippen molar-refractivity contribution in [2.45, 2.75) is 5.51 Å². The second kappa shape index (κ2) is 13.7. The fourth-order valence-corrected chi connectivity index (χ4v) is 7.56. The van der Waals surface area contributed by atoms with Gasteiger partial charge in [0.1, 0.15) is 0 Å². The molecule has 11 heteroatoms. The lowest BCUT2D eigenvalue weighted by molar-refractivity contribution is -0.0499. The second-order valence-corrected chi connectivity index (χ2v) is 14.7. The first-order valence-corrected chi connectivity index (χ1v) is 19.0. The van der Waals surface area contributed by atoms with Gasteiger partial charge in [-0.2, -0.15) is 21.6 Å². The van der Waals surface area contributed by atoms with Crippen molar-refractivity contribution in [1.82, 2.24) is 19.9 Å². The van der Waals surface area contributed by atoms with Crippen LogP contribution >= 0.6 is 0 Å². The summed E-state index contributed by atoms with van der Waals surface area (Å²) in [5.74, 6) is -0.536. The number of hydrogen-bond acceptors (Lipinski definition) is 5. The standard InChI is InChI=1S/C45H29F3N4O3S/c46-45(47,48)56(53,54)55-44-37-27-35-24-22-33(50-35)25-32-21-23-34(49-32)26-36-38(28-13-5-1-6-14-28)39(29-15-7-2-8-16-29)42(51-36)40(30-17-9-3-10-18-30)43(52-37)41(44)31-19-11-4-12-20-31/h1-27,49,52H. The van der Waals surface area contributed by atoms with Crippen LogP contribution in [0.3, 0.4) is 0 Å². The van der Waals surface area contributed by atoms with Gasteiger partial charge in [0.15, 0.2) is 5.75 Å². The molecule has 56 heavy (non-hydrogen) atoms. The highest BCUT2D eigenvalue weighted by Crippen LogP contribution is 2.48. The molecule has 0 aliphatic carbocycles. The second-order valence-electron chi connectivity index (χ2n) is 13.1. The van der Waals surface area contributed by atoms with Crippen molar-refractivity contribution in [3.63, 3.8) is 0 Å². The predicted octanol–water partition coefficient (Wildman–Crippen LogP) is 11.1. The van der Waals surface area contributed by atoms with Crippen LogP contribution in [0.1, 0.15) is 33.9 Å². The molecule has 274 valence electrons. The van der Waals surface area contributed by atoms with Gasteiger partial charge < -0.3 is 14.2 Å². The van der Waals surface area contributed by atoms with Crippen LogP contribution < -0.4 is 4.18 Å². The average Bonchev–Trinajstić information content (AvgIpc) is 4.00. The largest absolute Gasteiger partial charge is 0.534 e. The predicted molar refractivity (Wildman–Crippen MR) is 214 cm³/mol. The van der Waals surface area contributed by atoms with Gasteiger partial charge in [0.05, 0.1) is 39.4 Å². The van der Waals surface area contributed by atoms with E-state index in [0.717, 1.165) is 33.3 Å². The van der Waals surface area contributed by atoms with Gasteiger partial charge in [-0.25, -0.2) is 9.97 Å². The number of aromatic amines is 2. The molecule has 4 aromatic carbocycles. The molecule has 8 bridgehead atoms. The summed E-state index contributed by atoms with van der Waals surface area (Å²) >= 11 is 0. The van der Waals surface area contributed by atoms with E-state index in [1.165, 1.54) is 6.07 Å². The summed E-state index contributed by atoms with van der Waals surface area (Å²) in [4.78, 5) is 16.9. The maximum absolute atomic E-state index is 14.2. The number of alkyl halides is 3. The van der Waals surface area contributed by atoms with Crippen LogP contribution in [0, 0.1) is 0 Å². The van der Waals surface area contributed by atoms with Gasteiger partial charge >= 0.3 is 15.6 Å². The molecule has 0 atom stereocenters. The summed E-state index contributed by atoms with van der Waals surface area (Å²) < 4.78 is 73.6. The molecule has 2 aliphatic rings. The molecular weight excluding hydrogens is 734 g/mol. The van der Waals surface area contributed by atoms with Crippen molar-refractivity contribution in [1.29, 1.82) is 0 Å². The summed E-state index contributed by atoms with van der Waals surface area (Å²) in [5.41, 5.74) is 3.09. The van der Waals surface area contributed by atoms with Crippen LogP contribution in [0.15, 0.2) is 152 Å². The lowest BCUT2D eigenvalue weighted by Gasteiger charge is -2.14. The highest BCUT2D eigenvalue weighted by Gasteiger charge is 2.49. The van der Waals surface area contributed by atoms with Crippen LogP contribution in [0.25, 0.3) is 67.6 Å². The Morgan fingerprint density at radius 1 is 0.536 bits per heavy atom. The third kappa shape index (κ3) is 6.37. The van der Waals surface area contributed by atoms with Gasteiger partial charge in [-0.15, -0.1) is 0 Å². The Hall–Kier alpha value is -6.98. The molecule has 2 aliphatic heterocycles. The van der Waals surface area contributed by atoms with Crippen LogP contribution in [0.2, 0.25) is 0 Å². The van der Waals surface area contributed by atoms with Crippen molar-refractivity contribution in [2.24, 2.45) is 0 Å². The van der Waals surface area contributed by atoms with E-state index >= 15 is 0 Å². The van der Waals surface area contributed by atoms with Crippen LogP contribution in [-0.4, -0.2) is 33.9 Å². The van der Waals surface area contributed by atoms with Crippen LogP contribution in [-0.2, 0) is 10.1 Å². The fraction of sp³-hybridized carbons (Fsp3) is 0.0222.